The van der Waals surface area contributed by atoms with Crippen LogP contribution in [0.15, 0.2) is 70.9 Å². The van der Waals surface area contributed by atoms with E-state index in [2.05, 4.69) is 35.6 Å². The van der Waals surface area contributed by atoms with Gasteiger partial charge in [0.1, 0.15) is 13.2 Å². The molecule has 0 N–H and O–H groups in total. The van der Waals surface area contributed by atoms with Crippen LogP contribution in [-0.2, 0) is 14.3 Å². The molecular formula is C23H27N3O4. The number of azo groups is 1. The first-order valence-corrected chi connectivity index (χ1v) is 9.81. The maximum absolute atomic E-state index is 12.0. The van der Waals surface area contributed by atoms with Gasteiger partial charge < -0.3 is 14.4 Å². The summed E-state index contributed by atoms with van der Waals surface area (Å²) in [5, 5.41) is 8.43. The fourth-order valence-electron chi connectivity index (χ4n) is 2.57. The number of ether oxygens (including phenoxy) is 2. The summed E-state index contributed by atoms with van der Waals surface area (Å²) in [5.74, 6) is -1.01. The largest absolute Gasteiger partial charge is 0.459 e. The lowest BCUT2D eigenvalue weighted by Crippen LogP contribution is -2.21. The van der Waals surface area contributed by atoms with Crippen molar-refractivity contribution in [1.29, 1.82) is 0 Å². The molecule has 0 fully saturated rings. The number of anilines is 1. The van der Waals surface area contributed by atoms with Crippen molar-refractivity contribution in [2.24, 2.45) is 10.2 Å². The molecule has 0 amide bonds. The molecule has 0 saturated carbocycles. The number of hydrogen-bond acceptors (Lipinski definition) is 7. The van der Waals surface area contributed by atoms with Gasteiger partial charge in [0.25, 0.3) is 0 Å². The van der Waals surface area contributed by atoms with Gasteiger partial charge in [-0.2, -0.15) is 10.2 Å². The molecule has 30 heavy (non-hydrogen) atoms. The molecule has 0 radical (unpaired) electrons. The monoisotopic (exact) mass is 409 g/mol. The van der Waals surface area contributed by atoms with Gasteiger partial charge in [-0.05, 0) is 69.3 Å². The SMILES string of the molecule is C=C(C)C(=O)OCCOC(=O)c1ccc(N=Nc2ccc(N(CC)CC)cc2)cc1. The third-order valence-corrected chi connectivity index (χ3v) is 4.26. The lowest BCUT2D eigenvalue weighted by Gasteiger charge is -2.20. The van der Waals surface area contributed by atoms with Crippen LogP contribution in [0.3, 0.4) is 0 Å². The minimum atomic E-state index is -0.511. The summed E-state index contributed by atoms with van der Waals surface area (Å²) in [4.78, 5) is 25.5. The number of nitrogens with zero attached hydrogens (tertiary/aromatic N) is 3. The lowest BCUT2D eigenvalue weighted by molar-refractivity contribution is -0.140. The normalized spacial score (nSPS) is 10.6. The van der Waals surface area contributed by atoms with Crippen LogP contribution in [0.5, 0.6) is 0 Å². The summed E-state index contributed by atoms with van der Waals surface area (Å²) < 4.78 is 9.94. The first-order chi connectivity index (χ1) is 14.4. The maximum atomic E-state index is 12.0. The van der Waals surface area contributed by atoms with Crippen LogP contribution in [-0.4, -0.2) is 38.2 Å². The van der Waals surface area contributed by atoms with Gasteiger partial charge in [-0.25, -0.2) is 9.59 Å². The highest BCUT2D eigenvalue weighted by molar-refractivity contribution is 5.89. The summed E-state index contributed by atoms with van der Waals surface area (Å²) in [6.45, 7) is 11.1. The summed E-state index contributed by atoms with van der Waals surface area (Å²) in [7, 11) is 0. The van der Waals surface area contributed by atoms with E-state index in [0.717, 1.165) is 24.5 Å². The summed E-state index contributed by atoms with van der Waals surface area (Å²) in [6, 6.07) is 14.5. The fraction of sp³-hybridized carbons (Fsp3) is 0.304. The number of hydrogen-bond donors (Lipinski definition) is 0. The molecule has 7 nitrogen and oxygen atoms in total. The van der Waals surface area contributed by atoms with Gasteiger partial charge in [-0.1, -0.05) is 6.58 Å². The molecule has 2 aromatic carbocycles. The second-order valence-corrected chi connectivity index (χ2v) is 6.49. The molecule has 0 aromatic heterocycles. The molecule has 158 valence electrons. The number of rotatable bonds is 10. The molecule has 0 aliphatic heterocycles. The fourth-order valence-corrected chi connectivity index (χ4v) is 2.57. The van der Waals surface area contributed by atoms with Crippen LogP contribution < -0.4 is 4.90 Å². The Labute approximate surface area is 177 Å². The quantitative estimate of drug-likeness (QED) is 0.232. The smallest absolute Gasteiger partial charge is 0.338 e. The van der Waals surface area contributed by atoms with Crippen LogP contribution in [0.4, 0.5) is 17.1 Å². The van der Waals surface area contributed by atoms with E-state index in [0.29, 0.717) is 16.8 Å². The molecule has 0 saturated heterocycles. The Morgan fingerprint density at radius 1 is 0.867 bits per heavy atom. The molecule has 0 heterocycles. The Morgan fingerprint density at radius 3 is 1.87 bits per heavy atom. The highest BCUT2D eigenvalue weighted by Gasteiger charge is 2.08. The number of carbonyl (C=O) groups excluding carboxylic acids is 2. The van der Waals surface area contributed by atoms with Gasteiger partial charge in [-0.3, -0.25) is 0 Å². The zero-order valence-electron chi connectivity index (χ0n) is 17.6. The van der Waals surface area contributed by atoms with E-state index in [4.69, 9.17) is 9.47 Å². The highest BCUT2D eigenvalue weighted by Crippen LogP contribution is 2.22. The third-order valence-electron chi connectivity index (χ3n) is 4.26. The predicted octanol–water partition coefficient (Wildman–Crippen LogP) is 5.22. The maximum Gasteiger partial charge on any atom is 0.338 e. The van der Waals surface area contributed by atoms with E-state index in [1.807, 2.05) is 24.3 Å². The first-order valence-electron chi connectivity index (χ1n) is 9.81. The second kappa shape index (κ2) is 11.5. The van der Waals surface area contributed by atoms with E-state index in [1.165, 1.54) is 0 Å². The van der Waals surface area contributed by atoms with Crippen LogP contribution >= 0.6 is 0 Å². The molecule has 0 bridgehead atoms. The van der Waals surface area contributed by atoms with E-state index >= 15 is 0 Å². The Kier molecular flexibility index (Phi) is 8.75. The zero-order chi connectivity index (χ0) is 21.9. The summed E-state index contributed by atoms with van der Waals surface area (Å²) in [6.07, 6.45) is 0. The lowest BCUT2D eigenvalue weighted by atomic mass is 10.2. The molecule has 0 spiro atoms. The average molecular weight is 409 g/mol. The van der Waals surface area contributed by atoms with Gasteiger partial charge >= 0.3 is 11.9 Å². The number of benzene rings is 2. The topological polar surface area (TPSA) is 80.6 Å². The zero-order valence-corrected chi connectivity index (χ0v) is 17.6. The molecule has 0 aliphatic carbocycles. The van der Waals surface area contributed by atoms with E-state index in [-0.39, 0.29) is 13.2 Å². The van der Waals surface area contributed by atoms with Crippen LogP contribution in [0, 0.1) is 0 Å². The van der Waals surface area contributed by atoms with Crippen LogP contribution in [0.2, 0.25) is 0 Å². The van der Waals surface area contributed by atoms with Crippen molar-refractivity contribution in [2.45, 2.75) is 20.8 Å². The van der Waals surface area contributed by atoms with Crippen molar-refractivity contribution in [3.63, 3.8) is 0 Å². The second-order valence-electron chi connectivity index (χ2n) is 6.49. The molecule has 7 heteroatoms. The Balaban J connectivity index is 1.87. The summed E-state index contributed by atoms with van der Waals surface area (Å²) >= 11 is 0. The molecule has 2 aromatic rings. The Morgan fingerprint density at radius 2 is 1.37 bits per heavy atom. The van der Waals surface area contributed by atoms with E-state index in [9.17, 15) is 9.59 Å². The van der Waals surface area contributed by atoms with Gasteiger partial charge in [0.05, 0.1) is 16.9 Å². The van der Waals surface area contributed by atoms with Crippen LogP contribution in [0.1, 0.15) is 31.1 Å². The highest BCUT2D eigenvalue weighted by atomic mass is 16.6. The number of carbonyl (C=O) groups is 2. The van der Waals surface area contributed by atoms with Crippen molar-refractivity contribution in [1.82, 2.24) is 0 Å². The Hall–Kier alpha value is -3.48. The minimum Gasteiger partial charge on any atom is -0.459 e. The van der Waals surface area contributed by atoms with E-state index in [1.54, 1.807) is 31.2 Å². The standard InChI is InChI=1S/C23H27N3O4/c1-5-26(6-2)21-13-11-20(12-14-21)25-24-19-9-7-18(8-10-19)23(28)30-16-15-29-22(27)17(3)4/h7-14H,3,5-6,15-16H2,1-2,4H3. The van der Waals surface area contributed by atoms with Gasteiger partial charge in [0, 0.05) is 24.4 Å². The molecule has 2 rings (SSSR count). The van der Waals surface area contributed by atoms with Crippen molar-refractivity contribution in [3.8, 4) is 0 Å². The first kappa shape index (κ1) is 22.8. The third kappa shape index (κ3) is 6.84. The van der Waals surface area contributed by atoms with Crippen molar-refractivity contribution in [3.05, 3.63) is 66.2 Å². The number of esters is 2. The molecule has 0 atom stereocenters. The summed E-state index contributed by atoms with van der Waals surface area (Å²) in [5.41, 5.74) is 3.19. The molecule has 0 aliphatic rings. The van der Waals surface area contributed by atoms with Gasteiger partial charge in [-0.15, -0.1) is 0 Å². The Bertz CT molecular complexity index is 886. The van der Waals surface area contributed by atoms with Crippen molar-refractivity contribution in [2.75, 3.05) is 31.2 Å². The van der Waals surface area contributed by atoms with Crippen molar-refractivity contribution < 1.29 is 19.1 Å². The minimum absolute atomic E-state index is 0.0171. The van der Waals surface area contributed by atoms with Crippen LogP contribution in [0.25, 0.3) is 0 Å². The van der Waals surface area contributed by atoms with Gasteiger partial charge in [0.15, 0.2) is 0 Å². The van der Waals surface area contributed by atoms with Crippen molar-refractivity contribution >= 4 is 29.0 Å². The molecule has 0 unspecified atom stereocenters. The van der Waals surface area contributed by atoms with E-state index < -0.39 is 11.9 Å². The predicted molar refractivity (Wildman–Crippen MR) is 117 cm³/mol. The van der Waals surface area contributed by atoms with Gasteiger partial charge in [0.2, 0.25) is 0 Å². The average Bonchev–Trinajstić information content (AvgIpc) is 2.77. The molecular weight excluding hydrogens is 382 g/mol.